The summed E-state index contributed by atoms with van der Waals surface area (Å²) in [6.45, 7) is 1.82. The summed E-state index contributed by atoms with van der Waals surface area (Å²) in [5.41, 5.74) is 1.12. The number of nitrogens with zero attached hydrogens (tertiary/aromatic N) is 1. The van der Waals surface area contributed by atoms with Crippen molar-refractivity contribution in [3.63, 3.8) is 0 Å². The highest BCUT2D eigenvalue weighted by Crippen LogP contribution is 2.14. The van der Waals surface area contributed by atoms with E-state index in [1.165, 1.54) is 0 Å². The summed E-state index contributed by atoms with van der Waals surface area (Å²) in [4.78, 5) is 13.5. The molecule has 0 aliphatic carbocycles. The van der Waals surface area contributed by atoms with Crippen LogP contribution in [-0.2, 0) is 16.0 Å². The molecule has 1 amide bonds. The van der Waals surface area contributed by atoms with Crippen LogP contribution in [0.15, 0.2) is 24.3 Å². The molecule has 0 bridgehead atoms. The minimum atomic E-state index is 0.158. The highest BCUT2D eigenvalue weighted by Gasteiger charge is 2.17. The van der Waals surface area contributed by atoms with Crippen LogP contribution in [0.5, 0.6) is 5.75 Å². The Hall–Kier alpha value is -1.55. The van der Waals surface area contributed by atoms with Crippen molar-refractivity contribution < 1.29 is 14.3 Å². The van der Waals surface area contributed by atoms with Gasteiger partial charge in [-0.3, -0.25) is 4.79 Å². The second-order valence-corrected chi connectivity index (χ2v) is 4.05. The standard InChI is InChI=1S/C13H17NO3/c1-16-12-4-2-3-11(9-12)5-6-13(15)14-7-8-17-10-14/h2-4,9H,5-8,10H2,1H3. The maximum atomic E-state index is 11.8. The van der Waals surface area contributed by atoms with Crippen molar-refractivity contribution in [1.29, 1.82) is 0 Å². The molecule has 17 heavy (non-hydrogen) atoms. The number of ether oxygens (including phenoxy) is 2. The third-order valence-electron chi connectivity index (χ3n) is 2.87. The van der Waals surface area contributed by atoms with Gasteiger partial charge in [-0.05, 0) is 24.1 Å². The molecule has 1 aromatic carbocycles. The van der Waals surface area contributed by atoms with Gasteiger partial charge in [-0.15, -0.1) is 0 Å². The van der Waals surface area contributed by atoms with Crippen LogP contribution in [0, 0.1) is 0 Å². The lowest BCUT2D eigenvalue weighted by molar-refractivity contribution is -0.131. The largest absolute Gasteiger partial charge is 0.497 e. The van der Waals surface area contributed by atoms with E-state index in [1.807, 2.05) is 24.3 Å². The van der Waals surface area contributed by atoms with E-state index in [0.717, 1.165) is 24.3 Å². The SMILES string of the molecule is COc1cccc(CCC(=O)N2CCOC2)c1. The van der Waals surface area contributed by atoms with E-state index in [1.54, 1.807) is 12.0 Å². The minimum absolute atomic E-state index is 0.158. The summed E-state index contributed by atoms with van der Waals surface area (Å²) in [5.74, 6) is 0.991. The van der Waals surface area contributed by atoms with Crippen molar-refractivity contribution in [2.75, 3.05) is 27.0 Å². The third-order valence-corrected chi connectivity index (χ3v) is 2.87. The summed E-state index contributed by atoms with van der Waals surface area (Å²) >= 11 is 0. The van der Waals surface area contributed by atoms with Crippen LogP contribution in [0.25, 0.3) is 0 Å². The third kappa shape index (κ3) is 3.20. The Kier molecular flexibility index (Phi) is 3.98. The molecule has 0 N–H and O–H groups in total. The number of carbonyl (C=O) groups excluding carboxylic acids is 1. The van der Waals surface area contributed by atoms with E-state index in [-0.39, 0.29) is 5.91 Å². The highest BCUT2D eigenvalue weighted by molar-refractivity contribution is 5.76. The smallest absolute Gasteiger partial charge is 0.224 e. The lowest BCUT2D eigenvalue weighted by Gasteiger charge is -2.13. The minimum Gasteiger partial charge on any atom is -0.497 e. The van der Waals surface area contributed by atoms with Crippen molar-refractivity contribution in [3.05, 3.63) is 29.8 Å². The molecule has 0 aromatic heterocycles. The summed E-state index contributed by atoms with van der Waals surface area (Å²) in [6, 6.07) is 7.82. The second kappa shape index (κ2) is 5.68. The van der Waals surface area contributed by atoms with E-state index in [2.05, 4.69) is 0 Å². The van der Waals surface area contributed by atoms with Gasteiger partial charge in [-0.1, -0.05) is 12.1 Å². The van der Waals surface area contributed by atoms with Crippen molar-refractivity contribution >= 4 is 5.91 Å². The van der Waals surface area contributed by atoms with Crippen molar-refractivity contribution in [1.82, 2.24) is 4.90 Å². The molecule has 1 fully saturated rings. The zero-order chi connectivity index (χ0) is 12.1. The normalized spacial score (nSPS) is 15.0. The van der Waals surface area contributed by atoms with Gasteiger partial charge in [0.05, 0.1) is 13.7 Å². The Morgan fingerprint density at radius 2 is 2.41 bits per heavy atom. The number of hydrogen-bond acceptors (Lipinski definition) is 3. The van der Waals surface area contributed by atoms with Crippen LogP contribution in [0.1, 0.15) is 12.0 Å². The topological polar surface area (TPSA) is 38.8 Å². The molecule has 92 valence electrons. The Morgan fingerprint density at radius 3 is 3.12 bits per heavy atom. The number of amides is 1. The van der Waals surface area contributed by atoms with Crippen LogP contribution in [-0.4, -0.2) is 37.8 Å². The number of aryl methyl sites for hydroxylation is 1. The number of carbonyl (C=O) groups is 1. The summed E-state index contributed by atoms with van der Waals surface area (Å²) in [7, 11) is 1.64. The van der Waals surface area contributed by atoms with Crippen molar-refractivity contribution in [2.24, 2.45) is 0 Å². The highest BCUT2D eigenvalue weighted by atomic mass is 16.5. The van der Waals surface area contributed by atoms with Crippen molar-refractivity contribution in [2.45, 2.75) is 12.8 Å². The fourth-order valence-corrected chi connectivity index (χ4v) is 1.85. The molecule has 1 heterocycles. The van der Waals surface area contributed by atoms with Crippen LogP contribution >= 0.6 is 0 Å². The van der Waals surface area contributed by atoms with Gasteiger partial charge in [0.25, 0.3) is 0 Å². The number of rotatable bonds is 4. The summed E-state index contributed by atoms with van der Waals surface area (Å²) < 4.78 is 10.3. The van der Waals surface area contributed by atoms with Crippen molar-refractivity contribution in [3.8, 4) is 5.75 Å². The molecule has 4 heteroatoms. The summed E-state index contributed by atoms with van der Waals surface area (Å²) in [5, 5.41) is 0. The first kappa shape index (κ1) is 11.9. The Bertz CT molecular complexity index is 386. The monoisotopic (exact) mass is 235 g/mol. The lowest BCUT2D eigenvalue weighted by atomic mass is 10.1. The maximum absolute atomic E-state index is 11.8. The molecule has 0 atom stereocenters. The predicted molar refractivity (Wildman–Crippen MR) is 63.8 cm³/mol. The van der Waals surface area contributed by atoms with Gasteiger partial charge >= 0.3 is 0 Å². The van der Waals surface area contributed by atoms with E-state index >= 15 is 0 Å². The molecular weight excluding hydrogens is 218 g/mol. The molecule has 1 saturated heterocycles. The molecule has 1 aliphatic heterocycles. The fourth-order valence-electron chi connectivity index (χ4n) is 1.85. The fraction of sp³-hybridized carbons (Fsp3) is 0.462. The second-order valence-electron chi connectivity index (χ2n) is 4.05. The molecule has 1 aromatic rings. The first-order chi connectivity index (χ1) is 8.29. The molecular formula is C13H17NO3. The quantitative estimate of drug-likeness (QED) is 0.792. The Labute approximate surface area is 101 Å². The number of hydrogen-bond donors (Lipinski definition) is 0. The van der Waals surface area contributed by atoms with Gasteiger partial charge in [0, 0.05) is 13.0 Å². The average Bonchev–Trinajstić information content (AvgIpc) is 2.90. The summed E-state index contributed by atoms with van der Waals surface area (Å²) in [6.07, 6.45) is 1.27. The Balaban J connectivity index is 1.86. The number of methoxy groups -OCH3 is 1. The first-order valence-electron chi connectivity index (χ1n) is 5.78. The first-order valence-corrected chi connectivity index (χ1v) is 5.78. The zero-order valence-corrected chi connectivity index (χ0v) is 10.0. The van der Waals surface area contributed by atoms with E-state index in [0.29, 0.717) is 19.8 Å². The van der Waals surface area contributed by atoms with Gasteiger partial charge in [-0.2, -0.15) is 0 Å². The molecule has 1 aliphatic rings. The molecule has 0 saturated carbocycles. The van der Waals surface area contributed by atoms with Gasteiger partial charge in [0.1, 0.15) is 12.5 Å². The van der Waals surface area contributed by atoms with E-state index in [4.69, 9.17) is 9.47 Å². The zero-order valence-electron chi connectivity index (χ0n) is 10.0. The molecule has 0 radical (unpaired) electrons. The van der Waals surface area contributed by atoms with Gasteiger partial charge in [0.2, 0.25) is 5.91 Å². The molecule has 2 rings (SSSR count). The van der Waals surface area contributed by atoms with Gasteiger partial charge in [-0.25, -0.2) is 0 Å². The maximum Gasteiger partial charge on any atom is 0.224 e. The van der Waals surface area contributed by atoms with Gasteiger partial charge in [0.15, 0.2) is 0 Å². The van der Waals surface area contributed by atoms with Gasteiger partial charge < -0.3 is 14.4 Å². The molecule has 0 spiro atoms. The van der Waals surface area contributed by atoms with E-state index in [9.17, 15) is 4.79 Å². The molecule has 0 unspecified atom stereocenters. The Morgan fingerprint density at radius 1 is 1.53 bits per heavy atom. The van der Waals surface area contributed by atoms with Crippen LogP contribution in [0.3, 0.4) is 0 Å². The lowest BCUT2D eigenvalue weighted by Crippen LogP contribution is -2.28. The van der Waals surface area contributed by atoms with Crippen LogP contribution in [0.4, 0.5) is 0 Å². The average molecular weight is 235 g/mol. The van der Waals surface area contributed by atoms with Crippen LogP contribution in [0.2, 0.25) is 0 Å². The number of benzene rings is 1. The molecule has 4 nitrogen and oxygen atoms in total. The van der Waals surface area contributed by atoms with Crippen LogP contribution < -0.4 is 4.74 Å². The van der Waals surface area contributed by atoms with E-state index < -0.39 is 0 Å². The predicted octanol–water partition coefficient (Wildman–Crippen LogP) is 1.44.